The minimum Gasteiger partial charge on any atom is -0.388 e. The van der Waals surface area contributed by atoms with Crippen LogP contribution in [0.2, 0.25) is 0 Å². The second-order valence-corrected chi connectivity index (χ2v) is 6.26. The van der Waals surface area contributed by atoms with Gasteiger partial charge in [0.05, 0.1) is 11.9 Å². The average molecular weight is 246 g/mol. The zero-order valence-corrected chi connectivity index (χ0v) is 10.1. The minimum atomic E-state index is -3.10. The number of hydrogen-bond acceptors (Lipinski definition) is 3. The molecular weight excluding hydrogens is 231 g/mol. The monoisotopic (exact) mass is 246 g/mol. The minimum absolute atomic E-state index is 0.0850. The SMILES string of the molecule is Cc1cc(F)cc(C(O)CCS(C)(=O)=O)c1. The van der Waals surface area contributed by atoms with Gasteiger partial charge in [-0.3, -0.25) is 0 Å². The summed E-state index contributed by atoms with van der Waals surface area (Å²) in [6.45, 7) is 1.72. The van der Waals surface area contributed by atoms with Gasteiger partial charge in [0.1, 0.15) is 15.7 Å². The molecule has 1 aromatic rings. The summed E-state index contributed by atoms with van der Waals surface area (Å²) in [5.74, 6) is -0.530. The fourth-order valence-corrected chi connectivity index (χ4v) is 2.10. The molecule has 0 aliphatic heterocycles. The molecule has 0 amide bonds. The molecule has 0 fully saturated rings. The van der Waals surface area contributed by atoms with Crippen molar-refractivity contribution in [2.75, 3.05) is 12.0 Å². The van der Waals surface area contributed by atoms with Crippen molar-refractivity contribution in [3.8, 4) is 0 Å². The Morgan fingerprint density at radius 3 is 2.50 bits per heavy atom. The first-order valence-corrected chi connectivity index (χ1v) is 6.97. The molecule has 0 radical (unpaired) electrons. The Morgan fingerprint density at radius 1 is 1.38 bits per heavy atom. The van der Waals surface area contributed by atoms with Crippen LogP contribution in [-0.4, -0.2) is 25.5 Å². The van der Waals surface area contributed by atoms with E-state index in [0.717, 1.165) is 6.26 Å². The molecule has 90 valence electrons. The fraction of sp³-hybridized carbons (Fsp3) is 0.455. The molecular formula is C11H15FO3S. The van der Waals surface area contributed by atoms with Crippen molar-refractivity contribution >= 4 is 9.84 Å². The maximum atomic E-state index is 13.0. The van der Waals surface area contributed by atoms with Crippen LogP contribution in [0, 0.1) is 12.7 Å². The van der Waals surface area contributed by atoms with Crippen molar-refractivity contribution < 1.29 is 17.9 Å². The van der Waals surface area contributed by atoms with Gasteiger partial charge < -0.3 is 5.11 Å². The van der Waals surface area contributed by atoms with E-state index >= 15 is 0 Å². The van der Waals surface area contributed by atoms with E-state index < -0.39 is 21.8 Å². The Kier molecular flexibility index (Phi) is 4.04. The molecule has 5 heteroatoms. The van der Waals surface area contributed by atoms with E-state index in [0.29, 0.717) is 11.1 Å². The molecule has 16 heavy (non-hydrogen) atoms. The zero-order valence-electron chi connectivity index (χ0n) is 9.27. The molecule has 1 rings (SSSR count). The average Bonchev–Trinajstić information content (AvgIpc) is 2.11. The fourth-order valence-electron chi connectivity index (χ4n) is 1.45. The number of hydrogen-bond donors (Lipinski definition) is 1. The van der Waals surface area contributed by atoms with Gasteiger partial charge in [0, 0.05) is 6.26 Å². The highest BCUT2D eigenvalue weighted by molar-refractivity contribution is 7.90. The lowest BCUT2D eigenvalue weighted by Crippen LogP contribution is -2.08. The molecule has 1 N–H and O–H groups in total. The zero-order chi connectivity index (χ0) is 12.3. The second-order valence-electron chi connectivity index (χ2n) is 4.00. The van der Waals surface area contributed by atoms with Gasteiger partial charge in [-0.05, 0) is 36.6 Å². The van der Waals surface area contributed by atoms with Crippen molar-refractivity contribution in [3.05, 3.63) is 35.1 Å². The third-order valence-corrected chi connectivity index (χ3v) is 3.19. The van der Waals surface area contributed by atoms with Gasteiger partial charge in [0.15, 0.2) is 0 Å². The summed E-state index contributed by atoms with van der Waals surface area (Å²) in [7, 11) is -3.10. The second kappa shape index (κ2) is 4.93. The van der Waals surface area contributed by atoms with Crippen molar-refractivity contribution in [1.82, 2.24) is 0 Å². The van der Waals surface area contributed by atoms with Crippen LogP contribution in [0.25, 0.3) is 0 Å². The number of rotatable bonds is 4. The Bertz CT molecular complexity index is 448. The van der Waals surface area contributed by atoms with Crippen molar-refractivity contribution in [3.63, 3.8) is 0 Å². The predicted octanol–water partition coefficient (Wildman–Crippen LogP) is 1.60. The summed E-state index contributed by atoms with van der Waals surface area (Å²) < 4.78 is 34.9. The van der Waals surface area contributed by atoms with E-state index in [1.165, 1.54) is 12.1 Å². The molecule has 0 saturated carbocycles. The van der Waals surface area contributed by atoms with Crippen LogP contribution in [0.4, 0.5) is 4.39 Å². The van der Waals surface area contributed by atoms with Gasteiger partial charge in [-0.25, -0.2) is 12.8 Å². The van der Waals surface area contributed by atoms with E-state index in [9.17, 15) is 17.9 Å². The highest BCUT2D eigenvalue weighted by atomic mass is 32.2. The topological polar surface area (TPSA) is 54.4 Å². The first-order valence-electron chi connectivity index (χ1n) is 4.91. The quantitative estimate of drug-likeness (QED) is 0.878. The molecule has 1 unspecified atom stereocenters. The van der Waals surface area contributed by atoms with Crippen LogP contribution in [0.3, 0.4) is 0 Å². The predicted molar refractivity (Wildman–Crippen MR) is 60.4 cm³/mol. The van der Waals surface area contributed by atoms with Crippen LogP contribution < -0.4 is 0 Å². The molecule has 0 aliphatic carbocycles. The van der Waals surface area contributed by atoms with Gasteiger partial charge in [-0.1, -0.05) is 6.07 Å². The van der Waals surface area contributed by atoms with Crippen LogP contribution in [-0.2, 0) is 9.84 Å². The van der Waals surface area contributed by atoms with Gasteiger partial charge in [0.25, 0.3) is 0 Å². The van der Waals surface area contributed by atoms with E-state index in [2.05, 4.69) is 0 Å². The Hall–Kier alpha value is -0.940. The number of aryl methyl sites for hydroxylation is 1. The Balaban J connectivity index is 2.76. The lowest BCUT2D eigenvalue weighted by molar-refractivity contribution is 0.174. The number of aliphatic hydroxyl groups excluding tert-OH is 1. The highest BCUT2D eigenvalue weighted by Gasteiger charge is 2.12. The van der Waals surface area contributed by atoms with E-state index in [4.69, 9.17) is 0 Å². The van der Waals surface area contributed by atoms with Crippen LogP contribution in [0.1, 0.15) is 23.7 Å². The summed E-state index contributed by atoms with van der Waals surface area (Å²) in [5, 5.41) is 9.70. The first-order chi connectivity index (χ1) is 7.28. The maximum absolute atomic E-state index is 13.0. The molecule has 0 aliphatic rings. The maximum Gasteiger partial charge on any atom is 0.147 e. The molecule has 0 bridgehead atoms. The molecule has 3 nitrogen and oxygen atoms in total. The molecule has 1 atom stereocenters. The molecule has 0 aromatic heterocycles. The van der Waals surface area contributed by atoms with Crippen molar-refractivity contribution in [2.45, 2.75) is 19.4 Å². The summed E-state index contributed by atoms with van der Waals surface area (Å²) in [5.41, 5.74) is 1.12. The van der Waals surface area contributed by atoms with E-state index in [1.54, 1.807) is 13.0 Å². The van der Waals surface area contributed by atoms with Crippen molar-refractivity contribution in [1.29, 1.82) is 0 Å². The van der Waals surface area contributed by atoms with Gasteiger partial charge in [0.2, 0.25) is 0 Å². The molecule has 0 saturated heterocycles. The van der Waals surface area contributed by atoms with Crippen LogP contribution in [0.5, 0.6) is 0 Å². The number of sulfone groups is 1. The number of halogens is 1. The summed E-state index contributed by atoms with van der Waals surface area (Å²) in [4.78, 5) is 0. The van der Waals surface area contributed by atoms with Crippen LogP contribution in [0.15, 0.2) is 18.2 Å². The standard InChI is InChI=1S/C11H15FO3S/c1-8-5-9(7-10(12)6-8)11(13)3-4-16(2,14)15/h5-7,11,13H,3-4H2,1-2H3. The molecule has 0 spiro atoms. The third-order valence-electron chi connectivity index (χ3n) is 2.21. The lowest BCUT2D eigenvalue weighted by Gasteiger charge is -2.11. The van der Waals surface area contributed by atoms with E-state index in [1.807, 2.05) is 0 Å². The smallest absolute Gasteiger partial charge is 0.147 e. The molecule has 1 aromatic carbocycles. The Morgan fingerprint density at radius 2 is 2.00 bits per heavy atom. The lowest BCUT2D eigenvalue weighted by atomic mass is 10.0. The summed E-state index contributed by atoms with van der Waals surface area (Å²) >= 11 is 0. The first kappa shape index (κ1) is 13.1. The van der Waals surface area contributed by atoms with E-state index in [-0.39, 0.29) is 12.2 Å². The van der Waals surface area contributed by atoms with Crippen LogP contribution >= 0.6 is 0 Å². The number of benzene rings is 1. The van der Waals surface area contributed by atoms with Crippen molar-refractivity contribution in [2.24, 2.45) is 0 Å². The largest absolute Gasteiger partial charge is 0.388 e. The van der Waals surface area contributed by atoms with Gasteiger partial charge in [-0.15, -0.1) is 0 Å². The normalized spacial score (nSPS) is 13.8. The molecule has 0 heterocycles. The Labute approximate surface area is 94.8 Å². The third kappa shape index (κ3) is 4.28. The van der Waals surface area contributed by atoms with Gasteiger partial charge >= 0.3 is 0 Å². The van der Waals surface area contributed by atoms with Gasteiger partial charge in [-0.2, -0.15) is 0 Å². The summed E-state index contributed by atoms with van der Waals surface area (Å²) in [6, 6.07) is 4.22. The number of aliphatic hydroxyl groups is 1. The summed E-state index contributed by atoms with van der Waals surface area (Å²) in [6.07, 6.45) is 0.252. The highest BCUT2D eigenvalue weighted by Crippen LogP contribution is 2.19.